The van der Waals surface area contributed by atoms with Gasteiger partial charge in [0.25, 0.3) is 0 Å². The van der Waals surface area contributed by atoms with Crippen LogP contribution < -0.4 is 15.5 Å². The molecule has 12 heteroatoms. The molecule has 0 heterocycles. The fourth-order valence-electron chi connectivity index (χ4n) is 3.22. The van der Waals surface area contributed by atoms with Crippen molar-refractivity contribution in [1.29, 1.82) is 5.26 Å². The van der Waals surface area contributed by atoms with Crippen molar-refractivity contribution in [2.45, 2.75) is 25.4 Å². The van der Waals surface area contributed by atoms with Gasteiger partial charge in [-0.1, -0.05) is 30.4 Å². The van der Waals surface area contributed by atoms with Gasteiger partial charge in [-0.3, -0.25) is 0 Å². The van der Waals surface area contributed by atoms with Crippen LogP contribution in [0.15, 0.2) is 77.4 Å². The summed E-state index contributed by atoms with van der Waals surface area (Å²) < 4.78 is 80.3. The number of rotatable bonds is 6. The first-order valence-corrected chi connectivity index (χ1v) is 10.4. The maximum Gasteiger partial charge on any atom is 0.573 e. The van der Waals surface area contributed by atoms with E-state index in [1.165, 1.54) is 24.3 Å². The van der Waals surface area contributed by atoms with Gasteiger partial charge in [0.1, 0.15) is 5.75 Å². The second-order valence-electron chi connectivity index (χ2n) is 7.59. The number of allylic oxidation sites excluding steroid dienone is 4. The van der Waals surface area contributed by atoms with E-state index < -0.39 is 30.2 Å². The highest BCUT2D eigenvalue weighted by atomic mass is 19.4. The topological polar surface area (TPSA) is 86.5 Å². The molecular formula is C24H18F6N4O2. The number of amides is 2. The van der Waals surface area contributed by atoms with Crippen LogP contribution in [0.3, 0.4) is 0 Å². The molecule has 1 aliphatic rings. The van der Waals surface area contributed by atoms with Gasteiger partial charge in [0.2, 0.25) is 0 Å². The van der Waals surface area contributed by atoms with E-state index >= 15 is 0 Å². The number of nitrogens with one attached hydrogen (secondary N) is 2. The van der Waals surface area contributed by atoms with Crippen molar-refractivity contribution in [2.75, 3.05) is 5.32 Å². The van der Waals surface area contributed by atoms with Gasteiger partial charge >= 0.3 is 18.6 Å². The number of anilines is 1. The number of alkyl halides is 6. The van der Waals surface area contributed by atoms with Crippen LogP contribution in [0.5, 0.6) is 5.75 Å². The zero-order valence-corrected chi connectivity index (χ0v) is 18.3. The number of urea groups is 1. The Hall–Kier alpha value is -4.27. The van der Waals surface area contributed by atoms with Crippen LogP contribution in [-0.4, -0.2) is 24.3 Å². The van der Waals surface area contributed by atoms with Crippen LogP contribution >= 0.6 is 0 Å². The molecule has 0 bridgehead atoms. The summed E-state index contributed by atoms with van der Waals surface area (Å²) in [7, 11) is 0. The molecule has 6 nitrogen and oxygen atoms in total. The van der Waals surface area contributed by atoms with Crippen LogP contribution in [0.4, 0.5) is 36.8 Å². The minimum absolute atomic E-state index is 0.0518. The van der Waals surface area contributed by atoms with Gasteiger partial charge in [-0.2, -0.15) is 23.5 Å². The Morgan fingerprint density at radius 2 is 1.72 bits per heavy atom. The molecular weight excluding hydrogens is 490 g/mol. The normalized spacial score (nSPS) is 16.1. The highest BCUT2D eigenvalue weighted by molar-refractivity contribution is 6.04. The summed E-state index contributed by atoms with van der Waals surface area (Å²) in [5.74, 6) is -2.19. The number of hydrazone groups is 1. The van der Waals surface area contributed by atoms with Gasteiger partial charge in [-0.25, -0.2) is 10.2 Å². The van der Waals surface area contributed by atoms with Crippen molar-refractivity contribution in [3.63, 3.8) is 0 Å². The predicted molar refractivity (Wildman–Crippen MR) is 119 cm³/mol. The molecule has 2 aromatic carbocycles. The lowest BCUT2D eigenvalue weighted by Gasteiger charge is -2.20. The average molecular weight is 508 g/mol. The maximum atomic E-state index is 13.3. The Balaban J connectivity index is 1.77. The lowest BCUT2D eigenvalue weighted by molar-refractivity contribution is -0.274. The summed E-state index contributed by atoms with van der Waals surface area (Å²) >= 11 is 0. The quantitative estimate of drug-likeness (QED) is 0.275. The first kappa shape index (κ1) is 26.3. The zero-order chi connectivity index (χ0) is 26.3. The fraction of sp³-hybridized carbons (Fsp3) is 0.208. The Labute approximate surface area is 201 Å². The number of nitriles is 1. The number of hydrogen-bond donors (Lipinski definition) is 2. The van der Waals surface area contributed by atoms with Crippen molar-refractivity contribution in [2.24, 2.45) is 11.0 Å². The van der Waals surface area contributed by atoms with Crippen molar-refractivity contribution >= 4 is 17.4 Å². The Morgan fingerprint density at radius 1 is 1.06 bits per heavy atom. The third-order valence-electron chi connectivity index (χ3n) is 4.91. The van der Waals surface area contributed by atoms with E-state index in [0.29, 0.717) is 11.1 Å². The molecule has 0 aromatic heterocycles. The molecule has 2 N–H and O–H groups in total. The lowest BCUT2D eigenvalue weighted by atomic mass is 9.91. The number of carbonyl (C=O) groups excluding carboxylic acids is 1. The summed E-state index contributed by atoms with van der Waals surface area (Å²) in [5, 5.41) is 15.3. The van der Waals surface area contributed by atoms with Crippen molar-refractivity contribution in [1.82, 2.24) is 5.43 Å². The molecule has 2 amide bonds. The van der Waals surface area contributed by atoms with E-state index in [-0.39, 0.29) is 29.8 Å². The number of carbonyl (C=O) groups is 1. The molecule has 36 heavy (non-hydrogen) atoms. The van der Waals surface area contributed by atoms with Gasteiger partial charge in [0.15, 0.2) is 0 Å². The van der Waals surface area contributed by atoms with Crippen molar-refractivity contribution in [3.05, 3.63) is 83.5 Å². The largest absolute Gasteiger partial charge is 0.573 e. The van der Waals surface area contributed by atoms with Crippen molar-refractivity contribution in [3.8, 4) is 11.8 Å². The molecule has 0 saturated heterocycles. The molecule has 3 rings (SSSR count). The van der Waals surface area contributed by atoms with Gasteiger partial charge in [0, 0.05) is 12.1 Å². The molecule has 0 aliphatic heterocycles. The fourth-order valence-corrected chi connectivity index (χ4v) is 3.22. The van der Waals surface area contributed by atoms with Gasteiger partial charge in [0.05, 0.1) is 23.3 Å². The van der Waals surface area contributed by atoms with E-state index in [0.717, 1.165) is 18.2 Å². The molecule has 0 saturated carbocycles. The monoisotopic (exact) mass is 508 g/mol. The Bertz CT molecular complexity index is 1210. The molecule has 188 valence electrons. The average Bonchev–Trinajstić information content (AvgIpc) is 2.82. The molecule has 0 spiro atoms. The van der Waals surface area contributed by atoms with Crippen LogP contribution in [0.2, 0.25) is 0 Å². The van der Waals surface area contributed by atoms with Crippen LogP contribution in [0.25, 0.3) is 0 Å². The van der Waals surface area contributed by atoms with Crippen molar-refractivity contribution < 1.29 is 35.9 Å². The zero-order valence-electron chi connectivity index (χ0n) is 18.3. The number of nitrogens with zero attached hydrogens (tertiary/aromatic N) is 2. The van der Waals surface area contributed by atoms with Gasteiger partial charge in [-0.15, -0.1) is 13.2 Å². The number of hydrogen-bond acceptors (Lipinski definition) is 4. The SMILES string of the molecule is N#Cc1ccc(C/C(=N/NC(=O)Nc2ccc(OC(F)(F)F)cc2)C2=CC(C(F)(F)F)CC=C2)cc1. The second-order valence-corrected chi connectivity index (χ2v) is 7.59. The Morgan fingerprint density at radius 3 is 2.31 bits per heavy atom. The first-order chi connectivity index (χ1) is 16.9. The molecule has 0 fully saturated rings. The molecule has 2 aromatic rings. The minimum Gasteiger partial charge on any atom is -0.406 e. The maximum absolute atomic E-state index is 13.3. The molecule has 1 aliphatic carbocycles. The molecule has 1 atom stereocenters. The van der Waals surface area contributed by atoms with Crippen LogP contribution in [-0.2, 0) is 6.42 Å². The third-order valence-corrected chi connectivity index (χ3v) is 4.91. The standard InChI is InChI=1S/C24H18F6N4O2/c25-23(26,27)18-3-1-2-17(13-18)21(12-15-4-6-16(14-31)7-5-15)33-34-22(35)32-19-8-10-20(11-9-19)36-24(28,29)30/h1-2,4-11,13,18H,3,12H2,(H2,32,34,35)/b33-21-. The summed E-state index contributed by atoms with van der Waals surface area (Å²) in [6.45, 7) is 0. The van der Waals surface area contributed by atoms with Crippen LogP contribution in [0.1, 0.15) is 17.5 Å². The summed E-state index contributed by atoms with van der Waals surface area (Å²) in [6.07, 6.45) is -5.62. The van der Waals surface area contributed by atoms with Gasteiger partial charge in [-0.05, 0) is 54.0 Å². The van der Waals surface area contributed by atoms with E-state index in [2.05, 4.69) is 20.6 Å². The van der Waals surface area contributed by atoms with Crippen LogP contribution in [0, 0.1) is 17.2 Å². The van der Waals surface area contributed by atoms with E-state index in [9.17, 15) is 31.1 Å². The number of halogens is 6. The Kier molecular flexibility index (Phi) is 8.03. The predicted octanol–water partition coefficient (Wildman–Crippen LogP) is 6.24. The smallest absolute Gasteiger partial charge is 0.406 e. The highest BCUT2D eigenvalue weighted by Crippen LogP contribution is 2.34. The summed E-state index contributed by atoms with van der Waals surface area (Å²) in [6, 6.07) is 11.8. The highest BCUT2D eigenvalue weighted by Gasteiger charge is 2.38. The van der Waals surface area contributed by atoms with E-state index in [4.69, 9.17) is 5.26 Å². The number of benzene rings is 2. The minimum atomic E-state index is -4.86. The third kappa shape index (κ3) is 7.90. The number of ether oxygens (including phenoxy) is 1. The van der Waals surface area contributed by atoms with E-state index in [1.54, 1.807) is 24.3 Å². The molecule has 0 radical (unpaired) electrons. The first-order valence-electron chi connectivity index (χ1n) is 10.4. The summed E-state index contributed by atoms with van der Waals surface area (Å²) in [5.41, 5.74) is 3.66. The molecule has 1 unspecified atom stereocenters. The summed E-state index contributed by atoms with van der Waals surface area (Å²) in [4.78, 5) is 12.3. The lowest BCUT2D eigenvalue weighted by Crippen LogP contribution is -2.27. The van der Waals surface area contributed by atoms with Gasteiger partial charge < -0.3 is 10.1 Å². The second kappa shape index (κ2) is 11.0. The van der Waals surface area contributed by atoms with E-state index in [1.807, 2.05) is 6.07 Å².